The van der Waals surface area contributed by atoms with Crippen molar-refractivity contribution < 1.29 is 14.7 Å². The van der Waals surface area contributed by atoms with Gasteiger partial charge in [-0.3, -0.25) is 9.59 Å². The van der Waals surface area contributed by atoms with Crippen molar-refractivity contribution in [3.8, 4) is 0 Å². The Labute approximate surface area is 132 Å². The Balaban J connectivity index is 1.77. The van der Waals surface area contributed by atoms with Gasteiger partial charge >= 0.3 is 5.97 Å². The highest BCUT2D eigenvalue weighted by molar-refractivity contribution is 9.10. The molecule has 5 heteroatoms. The Morgan fingerprint density at radius 3 is 2.62 bits per heavy atom. The third-order valence-corrected chi connectivity index (χ3v) is 5.21. The molecule has 2 aliphatic rings. The maximum absolute atomic E-state index is 12.5. The smallest absolute Gasteiger partial charge is 0.307 e. The molecule has 0 radical (unpaired) electrons. The van der Waals surface area contributed by atoms with Crippen LogP contribution in [-0.4, -0.2) is 28.4 Å². The molecule has 1 aromatic rings. The van der Waals surface area contributed by atoms with E-state index >= 15 is 0 Å². The van der Waals surface area contributed by atoms with Crippen molar-refractivity contribution in [1.29, 1.82) is 0 Å². The van der Waals surface area contributed by atoms with Crippen LogP contribution < -0.4 is 0 Å². The second-order valence-electron chi connectivity index (χ2n) is 6.00. The van der Waals surface area contributed by atoms with Crippen LogP contribution in [0, 0.1) is 18.8 Å². The van der Waals surface area contributed by atoms with Gasteiger partial charge < -0.3 is 10.0 Å². The van der Waals surface area contributed by atoms with Crippen molar-refractivity contribution in [3.05, 3.63) is 33.3 Å². The summed E-state index contributed by atoms with van der Waals surface area (Å²) in [7, 11) is 0. The normalized spacial score (nSPS) is 24.2. The summed E-state index contributed by atoms with van der Waals surface area (Å²) in [6.07, 6.45) is 2.17. The molecule has 1 aliphatic carbocycles. The number of rotatable bonds is 2. The SMILES string of the molecule is Cc1cc(Br)cc2c1CN(C(=O)C1CCC1C(=O)O)CC2. The van der Waals surface area contributed by atoms with Crippen LogP contribution in [0.1, 0.15) is 29.5 Å². The van der Waals surface area contributed by atoms with Gasteiger partial charge in [-0.25, -0.2) is 0 Å². The van der Waals surface area contributed by atoms with Crippen LogP contribution in [0.5, 0.6) is 0 Å². The minimum atomic E-state index is -0.836. The molecule has 0 aromatic heterocycles. The molecule has 0 bridgehead atoms. The number of amides is 1. The number of carbonyl (C=O) groups is 2. The Hall–Kier alpha value is -1.36. The van der Waals surface area contributed by atoms with E-state index in [1.807, 2.05) is 4.90 Å². The van der Waals surface area contributed by atoms with Crippen molar-refractivity contribution in [2.45, 2.75) is 32.7 Å². The lowest BCUT2D eigenvalue weighted by molar-refractivity contribution is -0.157. The van der Waals surface area contributed by atoms with E-state index in [-0.39, 0.29) is 11.8 Å². The van der Waals surface area contributed by atoms with Gasteiger partial charge in [0.1, 0.15) is 0 Å². The molecule has 1 heterocycles. The standard InChI is InChI=1S/C16H18BrNO3/c1-9-6-11(17)7-10-4-5-18(8-14(9)10)15(19)12-2-3-13(12)16(20)21/h6-7,12-13H,2-5,8H2,1H3,(H,20,21). The molecule has 0 saturated heterocycles. The van der Waals surface area contributed by atoms with Gasteiger partial charge in [-0.15, -0.1) is 0 Å². The third kappa shape index (κ3) is 2.59. The molecule has 1 amide bonds. The Morgan fingerprint density at radius 1 is 1.29 bits per heavy atom. The van der Waals surface area contributed by atoms with Crippen LogP contribution in [0.25, 0.3) is 0 Å². The maximum atomic E-state index is 12.5. The Bertz CT molecular complexity index is 614. The number of hydrogen-bond donors (Lipinski definition) is 1. The molecular weight excluding hydrogens is 334 g/mol. The lowest BCUT2D eigenvalue weighted by Gasteiger charge is -2.38. The molecule has 1 fully saturated rings. The molecule has 1 N–H and O–H groups in total. The van der Waals surface area contributed by atoms with Crippen LogP contribution in [0.3, 0.4) is 0 Å². The number of halogens is 1. The Morgan fingerprint density at radius 2 is 2.00 bits per heavy atom. The highest BCUT2D eigenvalue weighted by Gasteiger charge is 2.43. The first kappa shape index (κ1) is 14.6. The second kappa shape index (κ2) is 5.44. The highest BCUT2D eigenvalue weighted by Crippen LogP contribution is 2.37. The first-order valence-electron chi connectivity index (χ1n) is 7.27. The zero-order valence-electron chi connectivity index (χ0n) is 11.9. The summed E-state index contributed by atoms with van der Waals surface area (Å²) in [6.45, 7) is 3.35. The minimum Gasteiger partial charge on any atom is -0.481 e. The van der Waals surface area contributed by atoms with Crippen LogP contribution in [-0.2, 0) is 22.6 Å². The van der Waals surface area contributed by atoms with E-state index in [9.17, 15) is 9.59 Å². The maximum Gasteiger partial charge on any atom is 0.307 e. The topological polar surface area (TPSA) is 57.6 Å². The van der Waals surface area contributed by atoms with Crippen LogP contribution in [0.2, 0.25) is 0 Å². The zero-order chi connectivity index (χ0) is 15.1. The number of benzene rings is 1. The Kier molecular flexibility index (Phi) is 3.78. The number of nitrogens with zero attached hydrogens (tertiary/aromatic N) is 1. The number of fused-ring (bicyclic) bond motifs is 1. The number of hydrogen-bond acceptors (Lipinski definition) is 2. The van der Waals surface area contributed by atoms with E-state index in [1.54, 1.807) is 0 Å². The van der Waals surface area contributed by atoms with Crippen molar-refractivity contribution in [1.82, 2.24) is 4.90 Å². The molecule has 3 rings (SSSR count). The van der Waals surface area contributed by atoms with E-state index in [0.717, 1.165) is 10.9 Å². The summed E-state index contributed by atoms with van der Waals surface area (Å²) in [5.74, 6) is -1.62. The summed E-state index contributed by atoms with van der Waals surface area (Å²) in [5, 5.41) is 9.11. The van der Waals surface area contributed by atoms with E-state index in [4.69, 9.17) is 5.11 Å². The van der Waals surface area contributed by atoms with Gasteiger partial charge in [0, 0.05) is 17.6 Å². The van der Waals surface area contributed by atoms with E-state index in [0.29, 0.717) is 25.9 Å². The molecule has 1 aromatic carbocycles. The zero-order valence-corrected chi connectivity index (χ0v) is 13.5. The molecule has 21 heavy (non-hydrogen) atoms. The summed E-state index contributed by atoms with van der Waals surface area (Å²) in [6, 6.07) is 4.18. The van der Waals surface area contributed by atoms with Gasteiger partial charge in [0.2, 0.25) is 5.91 Å². The second-order valence-corrected chi connectivity index (χ2v) is 6.91. The largest absolute Gasteiger partial charge is 0.481 e. The average molecular weight is 352 g/mol. The lowest BCUT2D eigenvalue weighted by atomic mass is 9.72. The number of carboxylic acid groups (broad SMARTS) is 1. The van der Waals surface area contributed by atoms with Crippen molar-refractivity contribution in [2.75, 3.05) is 6.54 Å². The highest BCUT2D eigenvalue weighted by atomic mass is 79.9. The van der Waals surface area contributed by atoms with Gasteiger partial charge in [-0.05, 0) is 55.0 Å². The van der Waals surface area contributed by atoms with Crippen molar-refractivity contribution in [2.24, 2.45) is 11.8 Å². The van der Waals surface area contributed by atoms with Gasteiger partial charge in [-0.1, -0.05) is 15.9 Å². The van der Waals surface area contributed by atoms with Gasteiger partial charge in [0.25, 0.3) is 0 Å². The van der Waals surface area contributed by atoms with Crippen LogP contribution >= 0.6 is 15.9 Å². The quantitative estimate of drug-likeness (QED) is 0.891. The van der Waals surface area contributed by atoms with Crippen molar-refractivity contribution >= 4 is 27.8 Å². The minimum absolute atomic E-state index is 0.0154. The molecule has 1 saturated carbocycles. The number of carbonyl (C=O) groups excluding carboxylic acids is 1. The fourth-order valence-corrected chi connectivity index (χ4v) is 3.95. The van der Waals surface area contributed by atoms with Crippen LogP contribution in [0.4, 0.5) is 0 Å². The van der Waals surface area contributed by atoms with Gasteiger partial charge in [-0.2, -0.15) is 0 Å². The number of carboxylic acids is 1. The summed E-state index contributed by atoms with van der Waals surface area (Å²) in [5.41, 5.74) is 3.68. The molecule has 4 nitrogen and oxygen atoms in total. The summed E-state index contributed by atoms with van der Waals surface area (Å²) in [4.78, 5) is 25.5. The van der Waals surface area contributed by atoms with E-state index in [1.165, 1.54) is 16.7 Å². The first-order valence-corrected chi connectivity index (χ1v) is 8.06. The lowest BCUT2D eigenvalue weighted by Crippen LogP contribution is -2.47. The predicted molar refractivity (Wildman–Crippen MR) is 81.8 cm³/mol. The molecule has 1 aliphatic heterocycles. The molecule has 112 valence electrons. The summed E-state index contributed by atoms with van der Waals surface area (Å²) < 4.78 is 1.07. The fourth-order valence-electron chi connectivity index (χ4n) is 3.33. The molecular formula is C16H18BrNO3. The number of aliphatic carboxylic acids is 1. The predicted octanol–water partition coefficient (Wildman–Crippen LogP) is 2.75. The molecule has 2 unspecified atom stereocenters. The molecule has 2 atom stereocenters. The van der Waals surface area contributed by atoms with E-state index < -0.39 is 11.9 Å². The average Bonchev–Trinajstić information content (AvgIpc) is 2.36. The molecule has 0 spiro atoms. The fraction of sp³-hybridized carbons (Fsp3) is 0.500. The van der Waals surface area contributed by atoms with Crippen LogP contribution in [0.15, 0.2) is 16.6 Å². The van der Waals surface area contributed by atoms with Gasteiger partial charge in [0.05, 0.1) is 11.8 Å². The monoisotopic (exact) mass is 351 g/mol. The third-order valence-electron chi connectivity index (χ3n) is 4.75. The number of aryl methyl sites for hydroxylation is 1. The first-order chi connectivity index (χ1) is 9.97. The van der Waals surface area contributed by atoms with Crippen molar-refractivity contribution in [3.63, 3.8) is 0 Å². The van der Waals surface area contributed by atoms with Gasteiger partial charge in [0.15, 0.2) is 0 Å². The summed E-state index contributed by atoms with van der Waals surface area (Å²) >= 11 is 3.51. The van der Waals surface area contributed by atoms with E-state index in [2.05, 4.69) is 35.0 Å².